The molecule has 108 valence electrons. The van der Waals surface area contributed by atoms with E-state index in [1.807, 2.05) is 19.1 Å². The van der Waals surface area contributed by atoms with Crippen molar-refractivity contribution in [1.29, 1.82) is 5.26 Å². The summed E-state index contributed by atoms with van der Waals surface area (Å²) in [6.07, 6.45) is 0.725. The van der Waals surface area contributed by atoms with Gasteiger partial charge in [0, 0.05) is 15.7 Å². The van der Waals surface area contributed by atoms with Gasteiger partial charge in [-0.05, 0) is 42.8 Å². The number of nitriles is 1. The Bertz CT molecular complexity index is 697. The monoisotopic (exact) mass is 348 g/mol. The summed E-state index contributed by atoms with van der Waals surface area (Å²) in [5, 5.41) is 22.1. The fourth-order valence-corrected chi connectivity index (χ4v) is 2.48. The van der Waals surface area contributed by atoms with Crippen LogP contribution in [0.3, 0.4) is 0 Å². The molecule has 0 saturated heterocycles. The summed E-state index contributed by atoms with van der Waals surface area (Å²) in [6, 6.07) is 11.2. The lowest BCUT2D eigenvalue weighted by molar-refractivity contribution is 0.462. The molecule has 0 fully saturated rings. The van der Waals surface area contributed by atoms with Crippen LogP contribution < -0.4 is 5.32 Å². The molecule has 0 spiro atoms. The van der Waals surface area contributed by atoms with E-state index in [1.54, 1.807) is 18.2 Å². The van der Waals surface area contributed by atoms with Crippen LogP contribution in [-0.2, 0) is 0 Å². The van der Waals surface area contributed by atoms with Crippen molar-refractivity contribution < 1.29 is 9.50 Å². The zero-order chi connectivity index (χ0) is 15.4. The average Bonchev–Trinajstić information content (AvgIpc) is 2.49. The van der Waals surface area contributed by atoms with Gasteiger partial charge in [-0.25, -0.2) is 4.39 Å². The van der Waals surface area contributed by atoms with Gasteiger partial charge in [0.2, 0.25) is 0 Å². The lowest BCUT2D eigenvalue weighted by Crippen LogP contribution is -2.10. The van der Waals surface area contributed by atoms with E-state index in [2.05, 4.69) is 21.2 Å². The Hall–Kier alpha value is -2.06. The van der Waals surface area contributed by atoms with Crippen LogP contribution in [0, 0.1) is 17.1 Å². The molecular weight excluding hydrogens is 335 g/mol. The van der Waals surface area contributed by atoms with E-state index in [1.165, 1.54) is 12.1 Å². The Morgan fingerprint density at radius 1 is 1.33 bits per heavy atom. The molecule has 0 aromatic heterocycles. The van der Waals surface area contributed by atoms with E-state index < -0.39 is 5.82 Å². The summed E-state index contributed by atoms with van der Waals surface area (Å²) in [5.41, 5.74) is 1.38. The summed E-state index contributed by atoms with van der Waals surface area (Å²) in [6.45, 7) is 1.98. The number of nitrogens with zero attached hydrogens (tertiary/aromatic N) is 1. The van der Waals surface area contributed by atoms with Gasteiger partial charge in [0.1, 0.15) is 17.6 Å². The second-order valence-electron chi connectivity index (χ2n) is 4.61. The molecular formula is C16H14BrFN2O. The summed E-state index contributed by atoms with van der Waals surface area (Å²) < 4.78 is 14.2. The van der Waals surface area contributed by atoms with Gasteiger partial charge in [-0.2, -0.15) is 5.26 Å². The molecule has 1 atom stereocenters. The Balaban J connectivity index is 2.31. The second kappa shape index (κ2) is 6.59. The maximum absolute atomic E-state index is 13.3. The average molecular weight is 349 g/mol. The van der Waals surface area contributed by atoms with Crippen LogP contribution in [0.5, 0.6) is 5.75 Å². The standard InChI is InChI=1S/C16H14BrFN2O/c1-2-15(13-8-11(17)3-6-16(13)21)20-12-4-5-14(18)10(7-12)9-19/h3-8,15,20-21H,2H2,1H3. The molecule has 1 unspecified atom stereocenters. The van der Waals surface area contributed by atoms with Crippen molar-refractivity contribution in [3.05, 3.63) is 57.8 Å². The van der Waals surface area contributed by atoms with Crippen LogP contribution >= 0.6 is 15.9 Å². The van der Waals surface area contributed by atoms with Gasteiger partial charge in [-0.3, -0.25) is 0 Å². The number of rotatable bonds is 4. The third kappa shape index (κ3) is 3.53. The number of anilines is 1. The van der Waals surface area contributed by atoms with Crippen LogP contribution in [0.15, 0.2) is 40.9 Å². The van der Waals surface area contributed by atoms with Crippen LogP contribution in [0.25, 0.3) is 0 Å². The Kier molecular flexibility index (Phi) is 4.81. The molecule has 0 saturated carbocycles. The highest BCUT2D eigenvalue weighted by atomic mass is 79.9. The zero-order valence-electron chi connectivity index (χ0n) is 11.4. The van der Waals surface area contributed by atoms with Crippen molar-refractivity contribution in [3.63, 3.8) is 0 Å². The number of benzene rings is 2. The topological polar surface area (TPSA) is 56.0 Å². The largest absolute Gasteiger partial charge is 0.508 e. The summed E-state index contributed by atoms with van der Waals surface area (Å²) in [5.74, 6) is -0.346. The molecule has 2 N–H and O–H groups in total. The van der Waals surface area contributed by atoms with Gasteiger partial charge < -0.3 is 10.4 Å². The van der Waals surface area contributed by atoms with E-state index in [0.29, 0.717) is 5.69 Å². The fourth-order valence-electron chi connectivity index (χ4n) is 2.11. The predicted molar refractivity (Wildman–Crippen MR) is 83.6 cm³/mol. The normalized spacial score (nSPS) is 11.7. The van der Waals surface area contributed by atoms with Crippen LogP contribution in [0.1, 0.15) is 30.5 Å². The highest BCUT2D eigenvalue weighted by molar-refractivity contribution is 9.10. The van der Waals surface area contributed by atoms with Gasteiger partial charge >= 0.3 is 0 Å². The molecule has 2 aromatic rings. The predicted octanol–water partition coefficient (Wildman–Crippen LogP) is 4.73. The number of aromatic hydroxyl groups is 1. The molecule has 0 heterocycles. The first-order chi connectivity index (χ1) is 10.0. The number of phenols is 1. The number of hydrogen-bond acceptors (Lipinski definition) is 3. The van der Waals surface area contributed by atoms with E-state index in [9.17, 15) is 9.50 Å². The number of hydrogen-bond donors (Lipinski definition) is 2. The van der Waals surface area contributed by atoms with Crippen molar-refractivity contribution in [2.24, 2.45) is 0 Å². The smallest absolute Gasteiger partial charge is 0.141 e. The quantitative estimate of drug-likeness (QED) is 0.839. The minimum absolute atomic E-state index is 0.00619. The van der Waals surface area contributed by atoms with E-state index in [-0.39, 0.29) is 17.4 Å². The molecule has 0 radical (unpaired) electrons. The van der Waals surface area contributed by atoms with Crippen molar-refractivity contribution in [1.82, 2.24) is 0 Å². The maximum Gasteiger partial charge on any atom is 0.141 e. The molecule has 5 heteroatoms. The van der Waals surface area contributed by atoms with Crippen LogP contribution in [-0.4, -0.2) is 5.11 Å². The lowest BCUT2D eigenvalue weighted by Gasteiger charge is -2.20. The third-order valence-electron chi connectivity index (χ3n) is 3.20. The SMILES string of the molecule is CCC(Nc1ccc(F)c(C#N)c1)c1cc(Br)ccc1O. The van der Waals surface area contributed by atoms with Crippen LogP contribution in [0.2, 0.25) is 0 Å². The molecule has 0 aliphatic carbocycles. The van der Waals surface area contributed by atoms with Crippen molar-refractivity contribution in [2.45, 2.75) is 19.4 Å². The number of nitrogens with one attached hydrogen (secondary N) is 1. The summed E-state index contributed by atoms with van der Waals surface area (Å²) in [4.78, 5) is 0. The van der Waals surface area contributed by atoms with Crippen LogP contribution in [0.4, 0.5) is 10.1 Å². The highest BCUT2D eigenvalue weighted by Crippen LogP contribution is 2.32. The van der Waals surface area contributed by atoms with Crippen molar-refractivity contribution >= 4 is 21.6 Å². The Morgan fingerprint density at radius 3 is 2.76 bits per heavy atom. The lowest BCUT2D eigenvalue weighted by atomic mass is 10.0. The first kappa shape index (κ1) is 15.3. The second-order valence-corrected chi connectivity index (χ2v) is 5.53. The minimum Gasteiger partial charge on any atom is -0.508 e. The minimum atomic E-state index is -0.540. The first-order valence-electron chi connectivity index (χ1n) is 6.49. The molecule has 2 rings (SSSR count). The first-order valence-corrected chi connectivity index (χ1v) is 7.29. The van der Waals surface area contributed by atoms with Gasteiger partial charge in [-0.15, -0.1) is 0 Å². The van der Waals surface area contributed by atoms with Gasteiger partial charge in [0.25, 0.3) is 0 Å². The molecule has 2 aromatic carbocycles. The molecule has 3 nitrogen and oxygen atoms in total. The van der Waals surface area contributed by atoms with Gasteiger partial charge in [-0.1, -0.05) is 22.9 Å². The zero-order valence-corrected chi connectivity index (χ0v) is 13.0. The molecule has 21 heavy (non-hydrogen) atoms. The Labute approximate surface area is 131 Å². The number of phenolic OH excluding ortho intramolecular Hbond substituents is 1. The fraction of sp³-hybridized carbons (Fsp3) is 0.188. The molecule has 0 bridgehead atoms. The van der Waals surface area contributed by atoms with Gasteiger partial charge in [0.05, 0.1) is 11.6 Å². The van der Waals surface area contributed by atoms with E-state index >= 15 is 0 Å². The maximum atomic E-state index is 13.3. The van der Waals surface area contributed by atoms with Crippen molar-refractivity contribution in [2.75, 3.05) is 5.32 Å². The molecule has 0 aliphatic heterocycles. The third-order valence-corrected chi connectivity index (χ3v) is 3.69. The molecule has 0 aliphatic rings. The van der Waals surface area contributed by atoms with Gasteiger partial charge in [0.15, 0.2) is 0 Å². The van der Waals surface area contributed by atoms with E-state index in [4.69, 9.17) is 5.26 Å². The van der Waals surface area contributed by atoms with Crippen molar-refractivity contribution in [3.8, 4) is 11.8 Å². The summed E-state index contributed by atoms with van der Waals surface area (Å²) in [7, 11) is 0. The summed E-state index contributed by atoms with van der Waals surface area (Å²) >= 11 is 3.38. The highest BCUT2D eigenvalue weighted by Gasteiger charge is 2.14. The number of halogens is 2. The molecule has 0 amide bonds. The van der Waals surface area contributed by atoms with E-state index in [0.717, 1.165) is 16.5 Å². The Morgan fingerprint density at radius 2 is 2.10 bits per heavy atom.